The zero-order valence-corrected chi connectivity index (χ0v) is 23.9. The number of carbonyl (C=O) groups excluding carboxylic acids is 1. The maximum atomic E-state index is 14.2. The first-order chi connectivity index (χ1) is 19.8. The Balaban J connectivity index is 1.39. The predicted molar refractivity (Wildman–Crippen MR) is 157 cm³/mol. The fraction of sp³-hybridized carbons (Fsp3) is 0.438. The molecule has 2 heterocycles. The van der Waals surface area contributed by atoms with Crippen molar-refractivity contribution in [2.75, 3.05) is 40.4 Å². The van der Waals surface area contributed by atoms with E-state index in [2.05, 4.69) is 58.5 Å². The lowest BCUT2D eigenvalue weighted by Crippen LogP contribution is -2.40. The van der Waals surface area contributed by atoms with Crippen molar-refractivity contribution in [3.05, 3.63) is 77.2 Å². The molecule has 1 saturated carbocycles. The summed E-state index contributed by atoms with van der Waals surface area (Å²) >= 11 is 0. The largest absolute Gasteiger partial charge is 0.438 e. The quantitative estimate of drug-likeness (QED) is 0.395. The van der Waals surface area contributed by atoms with Crippen LogP contribution in [0.3, 0.4) is 0 Å². The van der Waals surface area contributed by atoms with Crippen LogP contribution in [0.4, 0.5) is 4.39 Å². The molecule has 5 rings (SSSR count). The molecule has 41 heavy (non-hydrogen) atoms. The lowest BCUT2D eigenvalue weighted by molar-refractivity contribution is 0.0342. The summed E-state index contributed by atoms with van der Waals surface area (Å²) in [7, 11) is 4.14. The normalized spacial score (nSPS) is 19.7. The molecule has 2 fully saturated rings. The molecule has 0 bridgehead atoms. The smallest absolute Gasteiger partial charge is 0.257 e. The number of nitrogens with zero attached hydrogens (tertiary/aromatic N) is 3. The molecule has 8 nitrogen and oxygen atoms in total. The van der Waals surface area contributed by atoms with Crippen LogP contribution in [0.1, 0.15) is 47.2 Å². The molecule has 2 aromatic carbocycles. The molecule has 1 aliphatic carbocycles. The summed E-state index contributed by atoms with van der Waals surface area (Å²) in [6, 6.07) is 15.7. The standard InChI is InChI=1S/C32H40FN5O3/c1-37(2)20-22-6-11-29(24(16-22)21-38-12-14-40-15-13-38)23-4-3-5-28(17-23)41-32-30(18-25(33)19-35-32)31(39)36-27-9-7-26(34)8-10-27/h3-6,11,16-19,26-27H,7-10,12-15,20-21,34H2,1-2H3,(H,36,39). The second kappa shape index (κ2) is 13.5. The number of nitrogens with two attached hydrogens (primary N) is 1. The zero-order valence-electron chi connectivity index (χ0n) is 23.9. The highest BCUT2D eigenvalue weighted by molar-refractivity contribution is 5.96. The molecule has 0 spiro atoms. The van der Waals surface area contributed by atoms with Gasteiger partial charge >= 0.3 is 0 Å². The third kappa shape index (κ3) is 7.89. The molecule has 0 atom stereocenters. The van der Waals surface area contributed by atoms with Crippen molar-refractivity contribution < 1.29 is 18.7 Å². The Labute approximate surface area is 241 Å². The Hall–Kier alpha value is -3.37. The van der Waals surface area contributed by atoms with E-state index in [9.17, 15) is 9.18 Å². The molecular weight excluding hydrogens is 521 g/mol. The van der Waals surface area contributed by atoms with E-state index in [1.807, 2.05) is 18.2 Å². The van der Waals surface area contributed by atoms with Gasteiger partial charge in [-0.1, -0.05) is 30.3 Å². The number of ether oxygens (including phenoxy) is 2. The summed E-state index contributed by atoms with van der Waals surface area (Å²) in [6.07, 6.45) is 4.37. The number of halogens is 1. The number of pyridine rings is 1. The molecule has 1 aliphatic heterocycles. The van der Waals surface area contributed by atoms with Gasteiger partial charge in [0.1, 0.15) is 17.1 Å². The number of carbonyl (C=O) groups is 1. The maximum Gasteiger partial charge on any atom is 0.257 e. The number of amides is 1. The highest BCUT2D eigenvalue weighted by Crippen LogP contribution is 2.32. The second-order valence-electron chi connectivity index (χ2n) is 11.3. The molecular formula is C32H40FN5O3. The molecule has 2 aliphatic rings. The van der Waals surface area contributed by atoms with Crippen LogP contribution in [-0.2, 0) is 17.8 Å². The van der Waals surface area contributed by atoms with Gasteiger partial charge in [-0.25, -0.2) is 9.37 Å². The van der Waals surface area contributed by atoms with Crippen molar-refractivity contribution in [2.45, 2.75) is 50.9 Å². The first-order valence-corrected chi connectivity index (χ1v) is 14.4. The third-order valence-corrected chi connectivity index (χ3v) is 7.70. The van der Waals surface area contributed by atoms with Crippen molar-refractivity contribution in [1.29, 1.82) is 0 Å². The van der Waals surface area contributed by atoms with E-state index in [-0.39, 0.29) is 23.5 Å². The lowest BCUT2D eigenvalue weighted by atomic mass is 9.91. The summed E-state index contributed by atoms with van der Waals surface area (Å²) in [4.78, 5) is 21.9. The van der Waals surface area contributed by atoms with Gasteiger partial charge in [0.25, 0.3) is 5.91 Å². The Kier molecular flexibility index (Phi) is 9.61. The predicted octanol–water partition coefficient (Wildman–Crippen LogP) is 4.57. The van der Waals surface area contributed by atoms with Gasteiger partial charge in [0, 0.05) is 38.3 Å². The summed E-state index contributed by atoms with van der Waals surface area (Å²) in [6.45, 7) is 4.95. The monoisotopic (exact) mass is 561 g/mol. The summed E-state index contributed by atoms with van der Waals surface area (Å²) in [5.41, 5.74) is 10.7. The van der Waals surface area contributed by atoms with E-state index in [1.165, 1.54) is 17.2 Å². The van der Waals surface area contributed by atoms with Crippen LogP contribution in [0.5, 0.6) is 11.6 Å². The van der Waals surface area contributed by atoms with Gasteiger partial charge < -0.3 is 25.4 Å². The molecule has 1 aromatic heterocycles. The first kappa shape index (κ1) is 29.1. The minimum absolute atomic E-state index is 0.00194. The summed E-state index contributed by atoms with van der Waals surface area (Å²) < 4.78 is 25.9. The molecule has 0 radical (unpaired) electrons. The van der Waals surface area contributed by atoms with Gasteiger partial charge in [-0.05, 0) is 80.2 Å². The highest BCUT2D eigenvalue weighted by Gasteiger charge is 2.23. The van der Waals surface area contributed by atoms with Gasteiger partial charge in [-0.2, -0.15) is 0 Å². The van der Waals surface area contributed by atoms with Crippen LogP contribution in [0.2, 0.25) is 0 Å². The van der Waals surface area contributed by atoms with Crippen molar-refractivity contribution in [2.24, 2.45) is 5.73 Å². The molecule has 3 N–H and O–H groups in total. The van der Waals surface area contributed by atoms with E-state index in [0.717, 1.165) is 82.4 Å². The lowest BCUT2D eigenvalue weighted by Gasteiger charge is -2.28. The van der Waals surface area contributed by atoms with Gasteiger partial charge in [0.15, 0.2) is 0 Å². The molecule has 0 unspecified atom stereocenters. The van der Waals surface area contributed by atoms with Gasteiger partial charge in [0.2, 0.25) is 5.88 Å². The van der Waals surface area contributed by atoms with Crippen LogP contribution in [0.25, 0.3) is 11.1 Å². The zero-order chi connectivity index (χ0) is 28.8. The van der Waals surface area contributed by atoms with E-state index in [1.54, 1.807) is 0 Å². The summed E-state index contributed by atoms with van der Waals surface area (Å²) in [5, 5.41) is 3.01. The van der Waals surface area contributed by atoms with E-state index >= 15 is 0 Å². The third-order valence-electron chi connectivity index (χ3n) is 7.70. The fourth-order valence-electron chi connectivity index (χ4n) is 5.56. The van der Waals surface area contributed by atoms with Crippen molar-refractivity contribution >= 4 is 5.91 Å². The van der Waals surface area contributed by atoms with Gasteiger partial charge in [-0.15, -0.1) is 0 Å². The Morgan fingerprint density at radius 2 is 1.90 bits per heavy atom. The number of morpholine rings is 1. The van der Waals surface area contributed by atoms with Crippen molar-refractivity contribution in [3.8, 4) is 22.8 Å². The minimum Gasteiger partial charge on any atom is -0.438 e. The number of nitrogens with one attached hydrogen (secondary N) is 1. The van der Waals surface area contributed by atoms with Crippen LogP contribution in [0.15, 0.2) is 54.7 Å². The van der Waals surface area contributed by atoms with Crippen molar-refractivity contribution in [3.63, 3.8) is 0 Å². The van der Waals surface area contributed by atoms with Crippen LogP contribution in [-0.4, -0.2) is 73.2 Å². The number of benzene rings is 2. The topological polar surface area (TPSA) is 93.0 Å². The minimum atomic E-state index is -0.590. The number of aromatic nitrogens is 1. The number of hydrogen-bond acceptors (Lipinski definition) is 7. The van der Waals surface area contributed by atoms with E-state index < -0.39 is 11.7 Å². The Morgan fingerprint density at radius 1 is 1.12 bits per heavy atom. The first-order valence-electron chi connectivity index (χ1n) is 14.4. The summed E-state index contributed by atoms with van der Waals surface area (Å²) in [5.74, 6) is -0.391. The van der Waals surface area contributed by atoms with Gasteiger partial charge in [0.05, 0.1) is 19.4 Å². The van der Waals surface area contributed by atoms with Crippen LogP contribution < -0.4 is 15.8 Å². The maximum absolute atomic E-state index is 14.2. The average molecular weight is 562 g/mol. The van der Waals surface area contributed by atoms with Crippen molar-refractivity contribution in [1.82, 2.24) is 20.1 Å². The average Bonchev–Trinajstić information content (AvgIpc) is 2.96. The number of rotatable bonds is 9. The number of hydrogen-bond donors (Lipinski definition) is 2. The van der Waals surface area contributed by atoms with E-state index in [0.29, 0.717) is 5.75 Å². The SMILES string of the molecule is CN(C)Cc1ccc(-c2cccc(Oc3ncc(F)cc3C(=O)NC3CCC(N)CC3)c2)c(CN2CCOCC2)c1. The Morgan fingerprint density at radius 3 is 2.66 bits per heavy atom. The van der Waals surface area contributed by atoms with E-state index in [4.69, 9.17) is 15.2 Å². The Bertz CT molecular complexity index is 1340. The van der Waals surface area contributed by atoms with Gasteiger partial charge in [-0.3, -0.25) is 9.69 Å². The highest BCUT2D eigenvalue weighted by atomic mass is 19.1. The van der Waals surface area contributed by atoms with Crippen LogP contribution >= 0.6 is 0 Å². The molecule has 9 heteroatoms. The van der Waals surface area contributed by atoms with Crippen LogP contribution in [0, 0.1) is 5.82 Å². The molecule has 1 saturated heterocycles. The molecule has 3 aromatic rings. The molecule has 1 amide bonds. The second-order valence-corrected chi connectivity index (χ2v) is 11.3. The molecule has 218 valence electrons. The fourth-order valence-corrected chi connectivity index (χ4v) is 5.56.